The van der Waals surface area contributed by atoms with Crippen molar-refractivity contribution in [3.63, 3.8) is 0 Å². The maximum absolute atomic E-state index is 13.8. The second-order valence-electron chi connectivity index (χ2n) is 13.6. The Labute approximate surface area is 242 Å². The summed E-state index contributed by atoms with van der Waals surface area (Å²) in [6.45, 7) is 6.62. The molecule has 0 bridgehead atoms. The SMILES string of the molecule is C[C@H](CCC(=O)OC(C(F)(F)F)C(F)(F)S(=O)(=O)O)[C@H]1CC[C@H]2[C@@H]3CCC4C[C@H](O)CC[C@]4(C)[C@H]3C[C@H](OC=O)[C@]12C. The van der Waals surface area contributed by atoms with Crippen LogP contribution >= 0.6 is 0 Å². The normalized spacial score (nSPS) is 40.2. The predicted molar refractivity (Wildman–Crippen MR) is 138 cm³/mol. The first-order chi connectivity index (χ1) is 19.3. The molecule has 0 radical (unpaired) electrons. The molecule has 4 rings (SSSR count). The van der Waals surface area contributed by atoms with Crippen LogP contribution in [0.5, 0.6) is 0 Å². The van der Waals surface area contributed by atoms with Gasteiger partial charge in [-0.2, -0.15) is 30.4 Å². The highest BCUT2D eigenvalue weighted by Crippen LogP contribution is 2.68. The van der Waals surface area contributed by atoms with Crippen LogP contribution in [0.15, 0.2) is 0 Å². The maximum Gasteiger partial charge on any atom is 0.432 e. The van der Waals surface area contributed by atoms with Gasteiger partial charge in [-0.05, 0) is 98.7 Å². The number of aliphatic hydroxyl groups excluding tert-OH is 1. The molecule has 0 spiro atoms. The van der Waals surface area contributed by atoms with Crippen molar-refractivity contribution in [2.24, 2.45) is 46.3 Å². The van der Waals surface area contributed by atoms with Gasteiger partial charge in [-0.25, -0.2) is 0 Å². The van der Waals surface area contributed by atoms with E-state index in [-0.39, 0.29) is 35.7 Å². The lowest BCUT2D eigenvalue weighted by molar-refractivity contribution is -0.259. The molecule has 14 heteroatoms. The van der Waals surface area contributed by atoms with Crippen molar-refractivity contribution >= 4 is 22.6 Å². The van der Waals surface area contributed by atoms with Crippen LogP contribution in [0.4, 0.5) is 22.0 Å². The van der Waals surface area contributed by atoms with Crippen molar-refractivity contribution in [3.05, 3.63) is 0 Å². The Hall–Kier alpha value is -1.54. The zero-order chi connectivity index (χ0) is 31.5. The second kappa shape index (κ2) is 11.4. The summed E-state index contributed by atoms with van der Waals surface area (Å²) in [4.78, 5) is 23.9. The molecule has 0 amide bonds. The zero-order valence-electron chi connectivity index (χ0n) is 24.0. The van der Waals surface area contributed by atoms with Crippen molar-refractivity contribution in [2.75, 3.05) is 0 Å². The second-order valence-corrected chi connectivity index (χ2v) is 15.1. The van der Waals surface area contributed by atoms with Crippen molar-refractivity contribution in [1.82, 2.24) is 0 Å². The molecule has 2 unspecified atom stereocenters. The zero-order valence-corrected chi connectivity index (χ0v) is 24.8. The smallest absolute Gasteiger partial charge is 0.432 e. The predicted octanol–water partition coefficient (Wildman–Crippen LogP) is 5.53. The highest BCUT2D eigenvalue weighted by Gasteiger charge is 2.67. The van der Waals surface area contributed by atoms with Gasteiger partial charge in [0.1, 0.15) is 6.10 Å². The average Bonchev–Trinajstić information content (AvgIpc) is 3.24. The van der Waals surface area contributed by atoms with Crippen molar-refractivity contribution in [2.45, 2.75) is 115 Å². The molecule has 4 fully saturated rings. The first-order valence-corrected chi connectivity index (χ1v) is 16.1. The molecule has 4 aliphatic rings. The van der Waals surface area contributed by atoms with E-state index < -0.39 is 51.6 Å². The van der Waals surface area contributed by atoms with Gasteiger partial charge in [-0.15, -0.1) is 0 Å². The number of carbonyl (C=O) groups is 2. The third-order valence-electron chi connectivity index (χ3n) is 11.7. The maximum atomic E-state index is 13.8. The van der Waals surface area contributed by atoms with E-state index in [0.29, 0.717) is 30.6 Å². The Morgan fingerprint density at radius 1 is 1.05 bits per heavy atom. The number of esters is 1. The minimum absolute atomic E-state index is 0.0145. The van der Waals surface area contributed by atoms with Gasteiger partial charge < -0.3 is 14.6 Å². The molecule has 11 atom stereocenters. The molecular weight excluding hydrogens is 591 g/mol. The van der Waals surface area contributed by atoms with E-state index >= 15 is 0 Å². The molecule has 0 aliphatic heterocycles. The van der Waals surface area contributed by atoms with Gasteiger partial charge in [0.15, 0.2) is 0 Å². The standard InChI is InChI=1S/C28H41F5O8S/c1-15(4-9-23(36)41-24(27(29,30)31)28(32,33)42(37,38)39)19-7-8-20-18-6-5-16-12-17(35)10-11-25(16,2)21(18)13-22(40-14-34)26(19,20)3/h14-22,24,35H,4-13H2,1-3H3,(H,37,38,39)/t15-,16?,17-,18+,19-,20+,21+,22+,24?,25+,26-/m1/s1. The topological polar surface area (TPSA) is 127 Å². The molecule has 0 heterocycles. The number of halogens is 5. The number of rotatable bonds is 9. The molecule has 8 nitrogen and oxygen atoms in total. The molecule has 0 saturated heterocycles. The van der Waals surface area contributed by atoms with E-state index in [2.05, 4.69) is 18.6 Å². The summed E-state index contributed by atoms with van der Waals surface area (Å²) in [5, 5.41) is 4.53. The third-order valence-corrected chi connectivity index (χ3v) is 12.6. The lowest BCUT2D eigenvalue weighted by Gasteiger charge is -2.62. The van der Waals surface area contributed by atoms with Crippen molar-refractivity contribution in [3.8, 4) is 0 Å². The summed E-state index contributed by atoms with van der Waals surface area (Å²) in [6.07, 6.45) is -5.11. The fourth-order valence-corrected chi connectivity index (χ4v) is 10.1. The summed E-state index contributed by atoms with van der Waals surface area (Å²) >= 11 is 0. The van der Waals surface area contributed by atoms with Crippen LogP contribution in [0.3, 0.4) is 0 Å². The lowest BCUT2D eigenvalue weighted by Crippen LogP contribution is -2.59. The summed E-state index contributed by atoms with van der Waals surface area (Å²) in [5.74, 6) is -0.771. The molecule has 2 N–H and O–H groups in total. The molecule has 42 heavy (non-hydrogen) atoms. The molecule has 0 aromatic carbocycles. The van der Waals surface area contributed by atoms with Gasteiger partial charge in [0, 0.05) is 11.8 Å². The van der Waals surface area contributed by atoms with E-state index in [1.165, 1.54) is 0 Å². The quantitative estimate of drug-likeness (QED) is 0.147. The number of hydrogen-bond donors (Lipinski definition) is 2. The van der Waals surface area contributed by atoms with E-state index in [1.807, 2.05) is 6.92 Å². The fraction of sp³-hybridized carbons (Fsp3) is 0.929. The number of hydrogen-bond acceptors (Lipinski definition) is 7. The highest BCUT2D eigenvalue weighted by molar-refractivity contribution is 7.86. The molecule has 4 saturated carbocycles. The van der Waals surface area contributed by atoms with Crippen LogP contribution in [0.1, 0.15) is 85.0 Å². The minimum Gasteiger partial charge on any atom is -0.464 e. The summed E-state index contributed by atoms with van der Waals surface area (Å²) < 4.78 is 107. The van der Waals surface area contributed by atoms with Crippen molar-refractivity contribution < 1.29 is 59.1 Å². The largest absolute Gasteiger partial charge is 0.464 e. The van der Waals surface area contributed by atoms with Crippen LogP contribution in [-0.2, 0) is 29.2 Å². The number of aliphatic hydroxyl groups is 1. The van der Waals surface area contributed by atoms with Gasteiger partial charge in [0.05, 0.1) is 6.10 Å². The monoisotopic (exact) mass is 632 g/mol. The Balaban J connectivity index is 1.49. The Kier molecular flexibility index (Phi) is 9.08. The van der Waals surface area contributed by atoms with E-state index in [4.69, 9.17) is 9.29 Å². The van der Waals surface area contributed by atoms with Crippen LogP contribution in [-0.4, -0.2) is 60.3 Å². The minimum atomic E-state index is -6.52. The summed E-state index contributed by atoms with van der Waals surface area (Å²) in [6, 6.07) is 0. The molecule has 0 aromatic rings. The first kappa shape index (κ1) is 33.4. The summed E-state index contributed by atoms with van der Waals surface area (Å²) in [7, 11) is -6.52. The Morgan fingerprint density at radius 2 is 1.71 bits per heavy atom. The van der Waals surface area contributed by atoms with Crippen LogP contribution < -0.4 is 0 Å². The van der Waals surface area contributed by atoms with E-state index in [9.17, 15) is 45.1 Å². The number of carbonyl (C=O) groups excluding carboxylic acids is 2. The van der Waals surface area contributed by atoms with Crippen LogP contribution in [0.25, 0.3) is 0 Å². The van der Waals surface area contributed by atoms with E-state index in [0.717, 1.165) is 44.9 Å². The fourth-order valence-electron chi connectivity index (χ4n) is 9.60. The lowest BCUT2D eigenvalue weighted by atomic mass is 9.43. The molecule has 242 valence electrons. The van der Waals surface area contributed by atoms with Crippen LogP contribution in [0.2, 0.25) is 0 Å². The van der Waals surface area contributed by atoms with E-state index in [1.54, 1.807) is 0 Å². The van der Waals surface area contributed by atoms with Crippen molar-refractivity contribution in [1.29, 1.82) is 0 Å². The number of alkyl halides is 5. The Bertz CT molecular complexity index is 1130. The number of ether oxygens (including phenoxy) is 2. The van der Waals surface area contributed by atoms with Gasteiger partial charge >= 0.3 is 27.5 Å². The van der Waals surface area contributed by atoms with Gasteiger partial charge in [0.2, 0.25) is 0 Å². The number of fused-ring (bicyclic) bond motifs is 5. The third kappa shape index (κ3) is 5.68. The van der Waals surface area contributed by atoms with Gasteiger partial charge in [-0.1, -0.05) is 20.8 Å². The molecule has 4 aliphatic carbocycles. The average molecular weight is 633 g/mol. The van der Waals surface area contributed by atoms with Gasteiger partial charge in [0.25, 0.3) is 12.6 Å². The molecule has 0 aromatic heterocycles. The van der Waals surface area contributed by atoms with Crippen LogP contribution in [0, 0.1) is 46.3 Å². The first-order valence-electron chi connectivity index (χ1n) is 14.7. The highest BCUT2D eigenvalue weighted by atomic mass is 32.2. The summed E-state index contributed by atoms with van der Waals surface area (Å²) in [5.41, 5.74) is -0.462. The molecular formula is C28H41F5O8S. The Morgan fingerprint density at radius 3 is 2.31 bits per heavy atom. The van der Waals surface area contributed by atoms with Gasteiger partial charge in [-0.3, -0.25) is 14.1 Å².